The van der Waals surface area contributed by atoms with Gasteiger partial charge in [0.15, 0.2) is 5.78 Å². The van der Waals surface area contributed by atoms with Gasteiger partial charge >= 0.3 is 0 Å². The van der Waals surface area contributed by atoms with Gasteiger partial charge in [-0.15, -0.1) is 0 Å². The van der Waals surface area contributed by atoms with E-state index in [1.807, 2.05) is 36.2 Å². The second-order valence-electron chi connectivity index (χ2n) is 8.57. The van der Waals surface area contributed by atoms with Crippen LogP contribution >= 0.6 is 0 Å². The Morgan fingerprint density at radius 3 is 2.33 bits per heavy atom. The van der Waals surface area contributed by atoms with Gasteiger partial charge in [-0.3, -0.25) is 14.5 Å². The van der Waals surface area contributed by atoms with Crippen molar-refractivity contribution in [1.82, 2.24) is 4.90 Å². The molecule has 0 saturated carbocycles. The van der Waals surface area contributed by atoms with Crippen molar-refractivity contribution in [1.29, 1.82) is 0 Å². The number of likely N-dealkylation sites (tertiary alicyclic amines) is 1. The fourth-order valence-electron chi connectivity index (χ4n) is 5.29. The molecule has 0 aliphatic carbocycles. The molecule has 5 rings (SSSR count). The first kappa shape index (κ1) is 21.2. The van der Waals surface area contributed by atoms with Gasteiger partial charge in [-0.25, -0.2) is 8.78 Å². The lowest BCUT2D eigenvalue weighted by molar-refractivity contribution is -0.133. The van der Waals surface area contributed by atoms with Crippen LogP contribution in [0.1, 0.15) is 22.6 Å². The Morgan fingerprint density at radius 1 is 1.00 bits per heavy atom. The second-order valence-corrected chi connectivity index (χ2v) is 8.57. The number of benzene rings is 3. The molecule has 33 heavy (non-hydrogen) atoms. The number of nitrogens with one attached hydrogen (secondary N) is 1. The number of anilines is 1. The second kappa shape index (κ2) is 8.05. The van der Waals surface area contributed by atoms with E-state index in [2.05, 4.69) is 5.32 Å². The van der Waals surface area contributed by atoms with E-state index in [1.165, 1.54) is 30.3 Å². The van der Waals surface area contributed by atoms with Gasteiger partial charge in [-0.05, 0) is 54.6 Å². The van der Waals surface area contributed by atoms with Crippen LogP contribution in [0.3, 0.4) is 0 Å². The average Bonchev–Trinajstić information content (AvgIpc) is 3.29. The molecule has 0 unspecified atom stereocenters. The molecule has 1 spiro atoms. The monoisotopic (exact) mass is 444 g/mol. The summed E-state index contributed by atoms with van der Waals surface area (Å²) in [7, 11) is 1.84. The molecular weight excluding hydrogens is 422 g/mol. The van der Waals surface area contributed by atoms with Crippen molar-refractivity contribution in [2.45, 2.75) is 11.5 Å². The van der Waals surface area contributed by atoms with E-state index in [1.54, 1.807) is 30.3 Å². The molecule has 3 atom stereocenters. The number of para-hydroxylation sites is 1. The number of carbonyl (C=O) groups is 2. The maximum Gasteiger partial charge on any atom is 0.250 e. The Kier molecular flexibility index (Phi) is 5.17. The standard InChI is InChI=1S/C27H22F2N2O2/c1-31-16-21(18-9-13-20(29)14-10-18)25(24(32)15-8-17-6-11-19(28)12-7-17)27(31)22-4-2-3-5-23(22)30-26(27)33/h2-15,21,25H,16H2,1H3,(H,30,33)/b15-8-/t21-,25+,27+/m1/s1. The van der Waals surface area contributed by atoms with Crippen LogP contribution in [-0.4, -0.2) is 30.2 Å². The molecule has 3 aromatic carbocycles. The number of hydrogen-bond acceptors (Lipinski definition) is 3. The highest BCUT2D eigenvalue weighted by Crippen LogP contribution is 2.55. The number of fused-ring (bicyclic) bond motifs is 2. The smallest absolute Gasteiger partial charge is 0.250 e. The van der Waals surface area contributed by atoms with Crippen LogP contribution in [0.5, 0.6) is 0 Å². The summed E-state index contributed by atoms with van der Waals surface area (Å²) in [5.41, 5.74) is 1.75. The zero-order valence-corrected chi connectivity index (χ0v) is 18.0. The number of rotatable bonds is 4. The molecule has 166 valence electrons. The lowest BCUT2D eigenvalue weighted by Gasteiger charge is -2.35. The number of hydrogen-bond donors (Lipinski definition) is 1. The predicted molar refractivity (Wildman–Crippen MR) is 122 cm³/mol. The highest BCUT2D eigenvalue weighted by molar-refractivity contribution is 6.11. The van der Waals surface area contributed by atoms with Crippen molar-refractivity contribution in [3.05, 3.63) is 107 Å². The quantitative estimate of drug-likeness (QED) is 0.592. The highest BCUT2D eigenvalue weighted by Gasteiger charge is 2.63. The predicted octanol–water partition coefficient (Wildman–Crippen LogP) is 4.74. The largest absolute Gasteiger partial charge is 0.324 e. The number of likely N-dealkylation sites (N-methyl/N-ethyl adjacent to an activating group) is 1. The molecule has 1 fully saturated rings. The van der Waals surface area contributed by atoms with Gasteiger partial charge in [0.05, 0.1) is 5.92 Å². The van der Waals surface area contributed by atoms with Crippen LogP contribution < -0.4 is 5.32 Å². The molecule has 1 amide bonds. The summed E-state index contributed by atoms with van der Waals surface area (Å²) in [6.45, 7) is 0.453. The number of nitrogens with zero attached hydrogens (tertiary/aromatic N) is 1. The summed E-state index contributed by atoms with van der Waals surface area (Å²) < 4.78 is 26.9. The normalized spacial score (nSPS) is 24.4. The van der Waals surface area contributed by atoms with Gasteiger partial charge in [0, 0.05) is 23.7 Å². The molecule has 2 aliphatic rings. The summed E-state index contributed by atoms with van der Waals surface area (Å²) in [6, 6.07) is 19.3. The van der Waals surface area contributed by atoms with E-state index in [0.29, 0.717) is 17.8 Å². The van der Waals surface area contributed by atoms with Gasteiger partial charge in [-0.2, -0.15) is 0 Å². The van der Waals surface area contributed by atoms with Crippen LogP contribution in [0.25, 0.3) is 6.08 Å². The number of carbonyl (C=O) groups excluding carboxylic acids is 2. The van der Waals surface area contributed by atoms with Crippen LogP contribution in [0.2, 0.25) is 0 Å². The Balaban J connectivity index is 1.62. The first-order valence-electron chi connectivity index (χ1n) is 10.8. The van der Waals surface area contributed by atoms with Crippen LogP contribution in [0, 0.1) is 17.6 Å². The molecular formula is C27H22F2N2O2. The fourth-order valence-corrected chi connectivity index (χ4v) is 5.29. The number of halogens is 2. The Morgan fingerprint density at radius 2 is 1.64 bits per heavy atom. The van der Waals surface area contributed by atoms with Gasteiger partial charge in [-0.1, -0.05) is 48.5 Å². The van der Waals surface area contributed by atoms with Crippen molar-refractivity contribution in [2.75, 3.05) is 18.9 Å². The molecule has 1 N–H and O–H groups in total. The van der Waals surface area contributed by atoms with Crippen molar-refractivity contribution >= 4 is 23.5 Å². The molecule has 0 aromatic heterocycles. The number of amides is 1. The van der Waals surface area contributed by atoms with E-state index in [-0.39, 0.29) is 29.2 Å². The van der Waals surface area contributed by atoms with Crippen LogP contribution in [-0.2, 0) is 15.1 Å². The Labute approximate surface area is 190 Å². The van der Waals surface area contributed by atoms with E-state index in [4.69, 9.17) is 0 Å². The molecule has 3 aromatic rings. The lowest BCUT2D eigenvalue weighted by Crippen LogP contribution is -2.51. The minimum Gasteiger partial charge on any atom is -0.324 e. The first-order valence-corrected chi connectivity index (χ1v) is 10.8. The summed E-state index contributed by atoms with van der Waals surface area (Å²) >= 11 is 0. The summed E-state index contributed by atoms with van der Waals surface area (Å²) in [4.78, 5) is 29.2. The number of ketones is 1. The van der Waals surface area contributed by atoms with Crippen LogP contribution in [0.4, 0.5) is 14.5 Å². The highest BCUT2D eigenvalue weighted by atomic mass is 19.1. The van der Waals surface area contributed by atoms with Gasteiger partial charge in [0.2, 0.25) is 5.91 Å². The fraction of sp³-hybridized carbons (Fsp3) is 0.185. The third-order valence-electron chi connectivity index (χ3n) is 6.77. The molecule has 0 radical (unpaired) electrons. The maximum atomic E-state index is 13.8. The van der Waals surface area contributed by atoms with Crippen LogP contribution in [0.15, 0.2) is 78.9 Å². The zero-order chi connectivity index (χ0) is 23.2. The summed E-state index contributed by atoms with van der Waals surface area (Å²) in [5, 5.41) is 2.95. The minimum atomic E-state index is -1.18. The van der Waals surface area contributed by atoms with Gasteiger partial charge in [0.1, 0.15) is 17.2 Å². The Hall–Kier alpha value is -3.64. The molecule has 6 heteroatoms. The lowest BCUT2D eigenvalue weighted by atomic mass is 9.71. The SMILES string of the molecule is CN1C[C@H](c2ccc(F)cc2)[C@@H](C(=O)/C=C\c2ccc(F)cc2)[C@@]12C(=O)Nc1ccccc12. The topological polar surface area (TPSA) is 49.4 Å². The van der Waals surface area contributed by atoms with Crippen molar-refractivity contribution in [2.24, 2.45) is 5.92 Å². The van der Waals surface area contributed by atoms with Crippen molar-refractivity contribution in [3.63, 3.8) is 0 Å². The van der Waals surface area contributed by atoms with E-state index >= 15 is 0 Å². The zero-order valence-electron chi connectivity index (χ0n) is 18.0. The van der Waals surface area contributed by atoms with E-state index < -0.39 is 11.5 Å². The summed E-state index contributed by atoms with van der Waals surface area (Å²) in [6.07, 6.45) is 3.10. The Bertz CT molecular complexity index is 1250. The van der Waals surface area contributed by atoms with E-state index in [0.717, 1.165) is 11.1 Å². The van der Waals surface area contributed by atoms with Crippen molar-refractivity contribution < 1.29 is 18.4 Å². The third-order valence-corrected chi connectivity index (χ3v) is 6.77. The number of allylic oxidation sites excluding steroid dienone is 1. The molecule has 2 heterocycles. The molecule has 0 bridgehead atoms. The molecule has 1 saturated heterocycles. The van der Waals surface area contributed by atoms with Crippen molar-refractivity contribution in [3.8, 4) is 0 Å². The maximum absolute atomic E-state index is 13.8. The van der Waals surface area contributed by atoms with Gasteiger partial charge in [0.25, 0.3) is 0 Å². The van der Waals surface area contributed by atoms with Gasteiger partial charge < -0.3 is 5.32 Å². The summed E-state index contributed by atoms with van der Waals surface area (Å²) in [5.74, 6) is -2.23. The van der Waals surface area contributed by atoms with E-state index in [9.17, 15) is 18.4 Å². The third kappa shape index (κ3) is 3.38. The first-order chi connectivity index (χ1) is 15.9. The molecule has 2 aliphatic heterocycles. The molecule has 4 nitrogen and oxygen atoms in total. The average molecular weight is 444 g/mol. The minimum absolute atomic E-state index is 0.218.